The lowest BCUT2D eigenvalue weighted by atomic mass is 10.1. The molecule has 37 heavy (non-hydrogen) atoms. The van der Waals surface area contributed by atoms with Crippen LogP contribution in [0.3, 0.4) is 0 Å². The van der Waals surface area contributed by atoms with Crippen LogP contribution < -0.4 is 15.1 Å². The second kappa shape index (κ2) is 10.9. The van der Waals surface area contributed by atoms with E-state index in [1.807, 2.05) is 70.6 Å². The van der Waals surface area contributed by atoms with E-state index < -0.39 is 0 Å². The van der Waals surface area contributed by atoms with E-state index in [9.17, 15) is 9.59 Å². The van der Waals surface area contributed by atoms with Crippen molar-refractivity contribution in [1.82, 2.24) is 25.2 Å². The number of carbonyl (C=O) groups is 2. The molecular weight excluding hydrogens is 490 g/mol. The van der Waals surface area contributed by atoms with Crippen LogP contribution in [0.5, 0.6) is 0 Å². The van der Waals surface area contributed by atoms with Crippen molar-refractivity contribution in [3.05, 3.63) is 77.7 Å². The lowest BCUT2D eigenvalue weighted by molar-refractivity contribution is -0.118. The number of piperazine rings is 1. The van der Waals surface area contributed by atoms with Crippen LogP contribution in [0.25, 0.3) is 11.0 Å². The van der Waals surface area contributed by atoms with Gasteiger partial charge in [0.05, 0.1) is 5.39 Å². The number of benzene rings is 2. The van der Waals surface area contributed by atoms with Crippen LogP contribution in [0.1, 0.15) is 17.3 Å². The summed E-state index contributed by atoms with van der Waals surface area (Å²) in [6, 6.07) is 17.3. The van der Waals surface area contributed by atoms with Gasteiger partial charge in [0.2, 0.25) is 5.91 Å². The van der Waals surface area contributed by atoms with Crippen molar-refractivity contribution in [3.8, 4) is 0 Å². The Morgan fingerprint density at radius 3 is 2.65 bits per heavy atom. The molecule has 0 radical (unpaired) electrons. The molecule has 2 amide bonds. The second-order valence-electron chi connectivity index (χ2n) is 8.88. The molecular formula is C27H28ClN7O2. The summed E-state index contributed by atoms with van der Waals surface area (Å²) >= 11 is 6.16. The molecule has 1 fully saturated rings. The number of fused-ring (bicyclic) bond motifs is 1. The van der Waals surface area contributed by atoms with E-state index in [4.69, 9.17) is 11.6 Å². The van der Waals surface area contributed by atoms with E-state index in [-0.39, 0.29) is 11.8 Å². The molecule has 1 aliphatic heterocycles. The van der Waals surface area contributed by atoms with Gasteiger partial charge < -0.3 is 25.0 Å². The fraction of sp³-hybridized carbons (Fsp3) is 0.259. The Bertz CT molecular complexity index is 1410. The minimum absolute atomic E-state index is 0.0103. The number of halogens is 1. The fourth-order valence-electron chi connectivity index (χ4n) is 4.60. The predicted molar refractivity (Wildman–Crippen MR) is 146 cm³/mol. The van der Waals surface area contributed by atoms with Gasteiger partial charge in [0, 0.05) is 74.3 Å². The predicted octanol–water partition coefficient (Wildman–Crippen LogP) is 3.85. The number of carbonyl (C=O) groups excluding carboxylic acids is 2. The van der Waals surface area contributed by atoms with Gasteiger partial charge in [-0.15, -0.1) is 0 Å². The molecule has 0 aliphatic carbocycles. The third-order valence-electron chi connectivity index (χ3n) is 6.44. The summed E-state index contributed by atoms with van der Waals surface area (Å²) < 4.78 is 0. The molecule has 2 aromatic heterocycles. The maximum absolute atomic E-state index is 13.5. The highest BCUT2D eigenvalue weighted by Gasteiger charge is 2.24. The van der Waals surface area contributed by atoms with Gasteiger partial charge in [0.15, 0.2) is 0 Å². The van der Waals surface area contributed by atoms with E-state index in [0.29, 0.717) is 42.6 Å². The largest absolute Gasteiger partial charge is 0.368 e. The first-order chi connectivity index (χ1) is 18.0. The van der Waals surface area contributed by atoms with Crippen molar-refractivity contribution in [2.75, 3.05) is 49.1 Å². The molecule has 1 aliphatic rings. The lowest BCUT2D eigenvalue weighted by Crippen LogP contribution is -2.48. The maximum atomic E-state index is 13.5. The van der Waals surface area contributed by atoms with E-state index >= 15 is 0 Å². The smallest absolute Gasteiger partial charge is 0.254 e. The summed E-state index contributed by atoms with van der Waals surface area (Å²) in [6.45, 7) is 5.12. The van der Waals surface area contributed by atoms with Gasteiger partial charge in [-0.2, -0.15) is 0 Å². The number of nitrogens with zero attached hydrogens (tertiary/aromatic N) is 5. The SMILES string of the molecule is CC(=O)NCCN(c1cccc(C(=O)N2CCN(c3cccc(Cl)c3)CC2)c1)c1ncnc2[nH]ccc12. The van der Waals surface area contributed by atoms with Crippen LogP contribution in [0.15, 0.2) is 67.1 Å². The molecule has 0 atom stereocenters. The van der Waals surface area contributed by atoms with Gasteiger partial charge in [-0.3, -0.25) is 9.59 Å². The molecule has 3 heterocycles. The minimum Gasteiger partial charge on any atom is -0.368 e. The van der Waals surface area contributed by atoms with Crippen LogP contribution in [0.2, 0.25) is 5.02 Å². The highest BCUT2D eigenvalue weighted by molar-refractivity contribution is 6.30. The van der Waals surface area contributed by atoms with E-state index in [2.05, 4.69) is 25.2 Å². The summed E-state index contributed by atoms with van der Waals surface area (Å²) in [5.74, 6) is 0.593. The molecule has 2 N–H and O–H groups in total. The quantitative estimate of drug-likeness (QED) is 0.386. The van der Waals surface area contributed by atoms with Crippen molar-refractivity contribution in [3.63, 3.8) is 0 Å². The standard InChI is InChI=1S/C27H28ClN7O2/c1-19(36)29-10-11-35(26-24-8-9-30-25(24)31-18-32-26)23-7-2-4-20(16-23)27(37)34-14-12-33(13-15-34)22-6-3-5-21(28)17-22/h2-9,16-18H,10-15H2,1H3,(H,29,36)(H,30,31,32). The molecule has 190 valence electrons. The number of nitrogens with one attached hydrogen (secondary N) is 2. The van der Waals surface area contributed by atoms with Crippen LogP contribution in [0, 0.1) is 0 Å². The summed E-state index contributed by atoms with van der Waals surface area (Å²) in [5, 5.41) is 4.41. The Hall–Kier alpha value is -4.11. The zero-order chi connectivity index (χ0) is 25.8. The number of amides is 2. The van der Waals surface area contributed by atoms with Crippen LogP contribution in [-0.4, -0.2) is 70.9 Å². The maximum Gasteiger partial charge on any atom is 0.254 e. The molecule has 0 unspecified atom stereocenters. The van der Waals surface area contributed by atoms with Crippen LogP contribution in [0.4, 0.5) is 17.2 Å². The first-order valence-corrected chi connectivity index (χ1v) is 12.6. The summed E-state index contributed by atoms with van der Waals surface area (Å²) in [5.41, 5.74) is 3.21. The Labute approximate surface area is 220 Å². The number of hydrogen-bond donors (Lipinski definition) is 2. The van der Waals surface area contributed by atoms with Gasteiger partial charge in [0.25, 0.3) is 5.91 Å². The summed E-state index contributed by atoms with van der Waals surface area (Å²) in [4.78, 5) is 43.0. The van der Waals surface area contributed by atoms with Gasteiger partial charge >= 0.3 is 0 Å². The number of rotatable bonds is 7. The van der Waals surface area contributed by atoms with Crippen molar-refractivity contribution < 1.29 is 9.59 Å². The lowest BCUT2D eigenvalue weighted by Gasteiger charge is -2.36. The molecule has 10 heteroatoms. The molecule has 5 rings (SSSR count). The average Bonchev–Trinajstić information content (AvgIpc) is 3.40. The average molecular weight is 518 g/mol. The van der Waals surface area contributed by atoms with Gasteiger partial charge in [-0.25, -0.2) is 9.97 Å². The van der Waals surface area contributed by atoms with E-state index in [0.717, 1.165) is 35.5 Å². The van der Waals surface area contributed by atoms with Crippen molar-refractivity contribution >= 4 is 51.6 Å². The zero-order valence-electron chi connectivity index (χ0n) is 20.5. The molecule has 0 saturated carbocycles. The fourth-order valence-corrected chi connectivity index (χ4v) is 4.79. The number of anilines is 3. The highest BCUT2D eigenvalue weighted by atomic mass is 35.5. The molecule has 0 spiro atoms. The summed E-state index contributed by atoms with van der Waals surface area (Å²) in [6.07, 6.45) is 3.33. The van der Waals surface area contributed by atoms with Crippen molar-refractivity contribution in [2.24, 2.45) is 0 Å². The van der Waals surface area contributed by atoms with Crippen LogP contribution >= 0.6 is 11.6 Å². The monoisotopic (exact) mass is 517 g/mol. The molecule has 9 nitrogen and oxygen atoms in total. The topological polar surface area (TPSA) is 97.5 Å². The first kappa shape index (κ1) is 24.6. The molecule has 4 aromatic rings. The number of hydrogen-bond acceptors (Lipinski definition) is 6. The molecule has 0 bridgehead atoms. The Kier molecular flexibility index (Phi) is 7.23. The third-order valence-corrected chi connectivity index (χ3v) is 6.68. The van der Waals surface area contributed by atoms with Gasteiger partial charge in [0.1, 0.15) is 17.8 Å². The molecule has 2 aromatic carbocycles. The Morgan fingerprint density at radius 1 is 1.05 bits per heavy atom. The van der Waals surface area contributed by atoms with E-state index in [1.165, 1.54) is 13.3 Å². The van der Waals surface area contributed by atoms with Crippen molar-refractivity contribution in [1.29, 1.82) is 0 Å². The van der Waals surface area contributed by atoms with Crippen LogP contribution in [-0.2, 0) is 4.79 Å². The number of aromatic amines is 1. The normalized spacial score (nSPS) is 13.6. The summed E-state index contributed by atoms with van der Waals surface area (Å²) in [7, 11) is 0. The second-order valence-corrected chi connectivity index (χ2v) is 9.32. The van der Waals surface area contributed by atoms with Crippen molar-refractivity contribution in [2.45, 2.75) is 6.92 Å². The van der Waals surface area contributed by atoms with Gasteiger partial charge in [-0.1, -0.05) is 23.7 Å². The third kappa shape index (κ3) is 5.51. The number of aromatic nitrogens is 3. The molecule has 1 saturated heterocycles. The number of H-pyrrole nitrogens is 1. The highest BCUT2D eigenvalue weighted by Crippen LogP contribution is 2.30. The first-order valence-electron chi connectivity index (χ1n) is 12.2. The minimum atomic E-state index is -0.102. The Balaban J connectivity index is 1.36. The van der Waals surface area contributed by atoms with Gasteiger partial charge in [-0.05, 0) is 42.5 Å². The van der Waals surface area contributed by atoms with E-state index in [1.54, 1.807) is 0 Å². The Morgan fingerprint density at radius 2 is 1.86 bits per heavy atom. The zero-order valence-corrected chi connectivity index (χ0v) is 21.3.